The summed E-state index contributed by atoms with van der Waals surface area (Å²) in [7, 11) is 3.25. The third kappa shape index (κ3) is 4.98. The molecule has 0 atom stereocenters. The second-order valence-electron chi connectivity index (χ2n) is 9.61. The molecule has 3 aliphatic rings. The van der Waals surface area contributed by atoms with Gasteiger partial charge in [0.15, 0.2) is 0 Å². The maximum absolute atomic E-state index is 11.8. The second-order valence-corrected chi connectivity index (χ2v) is 10.0. The van der Waals surface area contributed by atoms with Crippen molar-refractivity contribution in [2.24, 2.45) is 5.92 Å². The van der Waals surface area contributed by atoms with E-state index in [1.807, 2.05) is 35.2 Å². The van der Waals surface area contributed by atoms with Crippen molar-refractivity contribution in [3.63, 3.8) is 0 Å². The molecule has 0 saturated heterocycles. The van der Waals surface area contributed by atoms with Gasteiger partial charge in [0.05, 0.1) is 30.5 Å². The highest BCUT2D eigenvalue weighted by Gasteiger charge is 2.34. The number of aromatic nitrogens is 1. The van der Waals surface area contributed by atoms with Crippen molar-refractivity contribution in [3.8, 4) is 11.5 Å². The molecule has 7 heteroatoms. The SMILES string of the molecule is C=C1C=C(CCC2CC2)N(c2c(OC)cccc2OC)C(O)=C1C(=C)N1CC=C(c2ccc(Cl)cn2)C1. The van der Waals surface area contributed by atoms with Crippen LogP contribution in [0.4, 0.5) is 5.69 Å². The van der Waals surface area contributed by atoms with Gasteiger partial charge in [-0.1, -0.05) is 49.7 Å². The fraction of sp³-hybridized carbons (Fsp3) is 0.300. The number of aliphatic hydroxyl groups is 1. The Labute approximate surface area is 223 Å². The van der Waals surface area contributed by atoms with Crippen LogP contribution in [-0.4, -0.2) is 42.3 Å². The molecular formula is C30H32ClN3O3. The number of rotatable bonds is 9. The molecule has 0 spiro atoms. The van der Waals surface area contributed by atoms with E-state index in [4.69, 9.17) is 21.1 Å². The van der Waals surface area contributed by atoms with Gasteiger partial charge in [0.25, 0.3) is 0 Å². The zero-order chi connectivity index (χ0) is 26.1. The summed E-state index contributed by atoms with van der Waals surface area (Å²) in [6.45, 7) is 9.97. The topological polar surface area (TPSA) is 58.1 Å². The predicted molar refractivity (Wildman–Crippen MR) is 149 cm³/mol. The van der Waals surface area contributed by atoms with Gasteiger partial charge in [-0.2, -0.15) is 0 Å². The number of aliphatic hydroxyl groups excluding tert-OH is 1. The molecule has 6 nitrogen and oxygen atoms in total. The molecule has 1 N–H and O–H groups in total. The number of pyridine rings is 1. The van der Waals surface area contributed by atoms with Gasteiger partial charge < -0.3 is 19.5 Å². The van der Waals surface area contributed by atoms with E-state index in [1.165, 1.54) is 12.8 Å². The van der Waals surface area contributed by atoms with E-state index in [1.54, 1.807) is 20.4 Å². The molecular weight excluding hydrogens is 486 g/mol. The molecule has 2 aliphatic heterocycles. The summed E-state index contributed by atoms with van der Waals surface area (Å²) < 4.78 is 11.4. The number of methoxy groups -OCH3 is 2. The maximum atomic E-state index is 11.8. The molecule has 192 valence electrons. The summed E-state index contributed by atoms with van der Waals surface area (Å²) in [5, 5.41) is 12.5. The van der Waals surface area contributed by atoms with E-state index < -0.39 is 0 Å². The second kappa shape index (κ2) is 10.4. The van der Waals surface area contributed by atoms with Crippen molar-refractivity contribution in [1.82, 2.24) is 9.88 Å². The van der Waals surface area contributed by atoms with Gasteiger partial charge in [0, 0.05) is 30.7 Å². The van der Waals surface area contributed by atoms with Gasteiger partial charge in [-0.3, -0.25) is 9.88 Å². The van der Waals surface area contributed by atoms with Crippen LogP contribution in [-0.2, 0) is 0 Å². The summed E-state index contributed by atoms with van der Waals surface area (Å²) >= 11 is 6.02. The average Bonchev–Trinajstić information content (AvgIpc) is 3.60. The van der Waals surface area contributed by atoms with Crippen LogP contribution in [0, 0.1) is 5.92 Å². The molecule has 1 fully saturated rings. The maximum Gasteiger partial charge on any atom is 0.206 e. The zero-order valence-electron chi connectivity index (χ0n) is 21.3. The summed E-state index contributed by atoms with van der Waals surface area (Å²) in [5.41, 5.74) is 5.61. The van der Waals surface area contributed by atoms with Crippen LogP contribution < -0.4 is 14.4 Å². The minimum absolute atomic E-state index is 0.0733. The number of para-hydroxylation sites is 1. The van der Waals surface area contributed by atoms with Crippen molar-refractivity contribution >= 4 is 22.9 Å². The highest BCUT2D eigenvalue weighted by atomic mass is 35.5. The molecule has 37 heavy (non-hydrogen) atoms. The Balaban J connectivity index is 1.49. The highest BCUT2D eigenvalue weighted by Crippen LogP contribution is 2.47. The molecule has 1 aromatic heterocycles. The first-order chi connectivity index (χ1) is 17.9. The van der Waals surface area contributed by atoms with Gasteiger partial charge in [-0.15, -0.1) is 0 Å². The standard InChI is InChI=1S/C30H32ClN3O3/c1-19-16-24(12-10-21-8-9-21)34(29-26(36-3)6-5-7-27(29)37-4)30(35)28(19)20(2)33-15-14-22(18-33)25-13-11-23(31)17-32-25/h5-7,11,13-14,16-17,21,35H,1-2,8-10,12,15,18H2,3-4H3. The van der Waals surface area contributed by atoms with Gasteiger partial charge >= 0.3 is 0 Å². The molecule has 2 aromatic rings. The van der Waals surface area contributed by atoms with E-state index in [2.05, 4.69) is 35.2 Å². The zero-order valence-corrected chi connectivity index (χ0v) is 22.1. The smallest absolute Gasteiger partial charge is 0.206 e. The average molecular weight is 518 g/mol. The molecule has 1 aromatic carbocycles. The van der Waals surface area contributed by atoms with Crippen molar-refractivity contribution in [2.45, 2.75) is 25.7 Å². The summed E-state index contributed by atoms with van der Waals surface area (Å²) in [4.78, 5) is 8.42. The number of nitrogens with zero attached hydrogens (tertiary/aromatic N) is 3. The summed E-state index contributed by atoms with van der Waals surface area (Å²) in [6.07, 6.45) is 10.2. The quantitative estimate of drug-likeness (QED) is 0.391. The van der Waals surface area contributed by atoms with E-state index in [0.717, 1.165) is 41.3 Å². The van der Waals surface area contributed by atoms with Crippen molar-refractivity contribution < 1.29 is 14.6 Å². The van der Waals surface area contributed by atoms with Crippen LogP contribution in [0.5, 0.6) is 11.5 Å². The number of benzene rings is 1. The highest BCUT2D eigenvalue weighted by molar-refractivity contribution is 6.30. The fourth-order valence-corrected chi connectivity index (χ4v) is 5.07. The molecule has 0 bridgehead atoms. The van der Waals surface area contributed by atoms with Gasteiger partial charge in [-0.25, -0.2) is 0 Å². The Bertz CT molecular complexity index is 1300. The first-order valence-electron chi connectivity index (χ1n) is 12.5. The minimum Gasteiger partial charge on any atom is -0.494 e. The normalized spacial score (nSPS) is 17.6. The van der Waals surface area contributed by atoms with Crippen LogP contribution in [0.1, 0.15) is 31.4 Å². The van der Waals surface area contributed by atoms with Crippen LogP contribution in [0.2, 0.25) is 5.02 Å². The van der Waals surface area contributed by atoms with Crippen LogP contribution in [0.25, 0.3) is 5.57 Å². The van der Waals surface area contributed by atoms with Gasteiger partial charge in [0.2, 0.25) is 5.88 Å². The Morgan fingerprint density at radius 3 is 2.51 bits per heavy atom. The van der Waals surface area contributed by atoms with Crippen molar-refractivity contribution in [1.29, 1.82) is 0 Å². The summed E-state index contributed by atoms with van der Waals surface area (Å²) in [6, 6.07) is 9.38. The van der Waals surface area contributed by atoms with E-state index >= 15 is 0 Å². The van der Waals surface area contributed by atoms with Crippen LogP contribution >= 0.6 is 11.6 Å². The lowest BCUT2D eigenvalue weighted by Gasteiger charge is -2.36. The fourth-order valence-electron chi connectivity index (χ4n) is 4.96. The molecule has 0 unspecified atom stereocenters. The lowest BCUT2D eigenvalue weighted by molar-refractivity contribution is 0.366. The molecule has 0 radical (unpaired) electrons. The number of anilines is 1. The van der Waals surface area contributed by atoms with E-state index in [9.17, 15) is 5.11 Å². The number of hydrogen-bond acceptors (Lipinski definition) is 6. The number of allylic oxidation sites excluding steroid dienone is 3. The van der Waals surface area contributed by atoms with Crippen molar-refractivity contribution in [3.05, 3.63) is 101 Å². The Kier molecular flexibility index (Phi) is 7.02. The number of halogens is 1. The molecule has 1 aliphatic carbocycles. The summed E-state index contributed by atoms with van der Waals surface area (Å²) in [5.74, 6) is 2.04. The van der Waals surface area contributed by atoms with Gasteiger partial charge in [-0.05, 0) is 60.2 Å². The lowest BCUT2D eigenvalue weighted by Crippen LogP contribution is -2.31. The minimum atomic E-state index is 0.0733. The Morgan fingerprint density at radius 1 is 1.16 bits per heavy atom. The van der Waals surface area contributed by atoms with Gasteiger partial charge in [0.1, 0.15) is 17.2 Å². The molecule has 0 amide bonds. The number of hydrogen-bond donors (Lipinski definition) is 1. The third-order valence-corrected chi connectivity index (χ3v) is 7.39. The van der Waals surface area contributed by atoms with Crippen LogP contribution in [0.15, 0.2) is 90.3 Å². The Morgan fingerprint density at radius 2 is 1.89 bits per heavy atom. The monoisotopic (exact) mass is 517 g/mol. The van der Waals surface area contributed by atoms with E-state index in [0.29, 0.717) is 46.6 Å². The third-order valence-electron chi connectivity index (χ3n) is 7.16. The van der Waals surface area contributed by atoms with E-state index in [-0.39, 0.29) is 5.88 Å². The first kappa shape index (κ1) is 25.0. The predicted octanol–water partition coefficient (Wildman–Crippen LogP) is 6.89. The number of ether oxygens (including phenoxy) is 2. The van der Waals surface area contributed by atoms with Crippen LogP contribution in [0.3, 0.4) is 0 Å². The first-order valence-corrected chi connectivity index (χ1v) is 12.9. The molecule has 5 rings (SSSR count). The largest absolute Gasteiger partial charge is 0.494 e. The lowest BCUT2D eigenvalue weighted by atomic mass is 9.96. The molecule has 1 saturated carbocycles. The van der Waals surface area contributed by atoms with Crippen molar-refractivity contribution in [2.75, 3.05) is 32.2 Å². The molecule has 3 heterocycles. The Hall–Kier alpha value is -3.64.